The molecule has 1 spiro atoms. The van der Waals surface area contributed by atoms with Crippen molar-refractivity contribution in [3.05, 3.63) is 192 Å². The van der Waals surface area contributed by atoms with E-state index in [4.69, 9.17) is 4.98 Å². The Labute approximate surface area is 297 Å². The number of aromatic nitrogens is 2. The van der Waals surface area contributed by atoms with Gasteiger partial charge in [-0.3, -0.25) is 4.57 Å². The van der Waals surface area contributed by atoms with E-state index in [0.29, 0.717) is 0 Å². The van der Waals surface area contributed by atoms with E-state index < -0.39 is 0 Å². The molecule has 2 nitrogen and oxygen atoms in total. The molecule has 0 bridgehead atoms. The molecular formula is C49H34N2. The Morgan fingerprint density at radius 2 is 1.04 bits per heavy atom. The minimum absolute atomic E-state index is 0.377. The standard InChI is InChI=1S/C49H34N2/c1-2-11-48-50-46-18-9-10-19-47(46)51(48)37-24-22-31(23-25-37)34-20-21-35-28-41-40-27-32-12-3-4-13-33(32)29-44(40)49(45(41)30-36(35)26-34)42-16-7-5-14-38(42)39-15-6-8-17-43(39)49/h3-10,12-30H,2,11H2,1H3. The van der Waals surface area contributed by atoms with Crippen LogP contribution in [0.4, 0.5) is 0 Å². The molecule has 0 unspecified atom stereocenters. The van der Waals surface area contributed by atoms with Gasteiger partial charge in [-0.1, -0.05) is 116 Å². The van der Waals surface area contributed by atoms with Crippen molar-refractivity contribution in [1.29, 1.82) is 0 Å². The number of nitrogens with zero attached hydrogens (tertiary/aromatic N) is 2. The molecule has 1 aromatic heterocycles. The molecule has 2 aliphatic carbocycles. The van der Waals surface area contributed by atoms with Gasteiger partial charge >= 0.3 is 0 Å². The van der Waals surface area contributed by atoms with Crippen molar-refractivity contribution in [2.75, 3.05) is 0 Å². The average molecular weight is 651 g/mol. The van der Waals surface area contributed by atoms with Crippen molar-refractivity contribution < 1.29 is 0 Å². The number of hydrogen-bond acceptors (Lipinski definition) is 1. The van der Waals surface area contributed by atoms with Gasteiger partial charge < -0.3 is 0 Å². The van der Waals surface area contributed by atoms with Crippen LogP contribution in [0.5, 0.6) is 0 Å². The second-order valence-corrected chi connectivity index (χ2v) is 14.2. The van der Waals surface area contributed by atoms with Crippen LogP contribution < -0.4 is 0 Å². The van der Waals surface area contributed by atoms with Crippen molar-refractivity contribution in [1.82, 2.24) is 9.55 Å². The van der Waals surface area contributed by atoms with E-state index in [1.54, 1.807) is 0 Å². The minimum atomic E-state index is -0.377. The first-order valence-corrected chi connectivity index (χ1v) is 18.1. The molecule has 11 rings (SSSR count). The number of aryl methyl sites for hydroxylation is 1. The summed E-state index contributed by atoms with van der Waals surface area (Å²) in [6.45, 7) is 2.22. The van der Waals surface area contributed by atoms with Gasteiger partial charge in [-0.2, -0.15) is 0 Å². The van der Waals surface area contributed by atoms with Gasteiger partial charge in [-0.05, 0) is 138 Å². The van der Waals surface area contributed by atoms with Crippen LogP contribution in [-0.2, 0) is 11.8 Å². The topological polar surface area (TPSA) is 17.8 Å². The molecule has 0 aliphatic heterocycles. The molecule has 0 saturated carbocycles. The molecule has 0 atom stereocenters. The van der Waals surface area contributed by atoms with Gasteiger partial charge in [0.15, 0.2) is 0 Å². The van der Waals surface area contributed by atoms with Crippen molar-refractivity contribution in [3.8, 4) is 39.1 Å². The highest BCUT2D eigenvalue weighted by molar-refractivity contribution is 6.03. The predicted octanol–water partition coefficient (Wildman–Crippen LogP) is 12.3. The van der Waals surface area contributed by atoms with E-state index in [1.165, 1.54) is 77.2 Å². The highest BCUT2D eigenvalue weighted by Gasteiger charge is 2.51. The molecular weight excluding hydrogens is 617 g/mol. The summed E-state index contributed by atoms with van der Waals surface area (Å²) in [5, 5.41) is 5.09. The lowest BCUT2D eigenvalue weighted by atomic mass is 9.70. The van der Waals surface area contributed by atoms with E-state index in [-0.39, 0.29) is 5.41 Å². The smallest absolute Gasteiger partial charge is 0.114 e. The molecule has 0 N–H and O–H groups in total. The Kier molecular flexibility index (Phi) is 5.95. The maximum absolute atomic E-state index is 4.97. The van der Waals surface area contributed by atoms with Crippen LogP contribution in [-0.4, -0.2) is 9.55 Å². The number of benzene rings is 8. The summed E-state index contributed by atoms with van der Waals surface area (Å²) in [5.41, 5.74) is 16.3. The highest BCUT2D eigenvalue weighted by atomic mass is 15.1. The Balaban J connectivity index is 1.10. The van der Waals surface area contributed by atoms with Gasteiger partial charge in [-0.15, -0.1) is 0 Å². The lowest BCUT2D eigenvalue weighted by molar-refractivity contribution is 0.796. The second kappa shape index (κ2) is 10.6. The summed E-state index contributed by atoms with van der Waals surface area (Å²) in [7, 11) is 0. The van der Waals surface area contributed by atoms with Crippen molar-refractivity contribution in [2.24, 2.45) is 0 Å². The number of fused-ring (bicyclic) bond motifs is 13. The largest absolute Gasteiger partial charge is 0.296 e. The third-order valence-electron chi connectivity index (χ3n) is 11.5. The summed E-state index contributed by atoms with van der Waals surface area (Å²) < 4.78 is 2.32. The third kappa shape index (κ3) is 3.90. The number of imidazole rings is 1. The first kappa shape index (κ1) is 28.6. The van der Waals surface area contributed by atoms with E-state index in [1.807, 2.05) is 0 Å². The number of para-hydroxylation sites is 2. The van der Waals surface area contributed by atoms with Gasteiger partial charge in [0.1, 0.15) is 5.82 Å². The zero-order valence-electron chi connectivity index (χ0n) is 28.4. The van der Waals surface area contributed by atoms with Crippen LogP contribution in [0.1, 0.15) is 41.4 Å². The summed E-state index contributed by atoms with van der Waals surface area (Å²) in [6, 6.07) is 61.3. The van der Waals surface area contributed by atoms with E-state index >= 15 is 0 Å². The van der Waals surface area contributed by atoms with Crippen molar-refractivity contribution >= 4 is 32.6 Å². The second-order valence-electron chi connectivity index (χ2n) is 14.2. The normalized spacial score (nSPS) is 13.5. The fourth-order valence-corrected chi connectivity index (χ4v) is 9.30. The fourth-order valence-electron chi connectivity index (χ4n) is 9.30. The van der Waals surface area contributed by atoms with Crippen LogP contribution in [0, 0.1) is 0 Å². The van der Waals surface area contributed by atoms with Crippen LogP contribution in [0.3, 0.4) is 0 Å². The van der Waals surface area contributed by atoms with Crippen LogP contribution in [0.2, 0.25) is 0 Å². The van der Waals surface area contributed by atoms with E-state index in [9.17, 15) is 0 Å². The SMILES string of the molecule is CCCc1nc2ccccc2n1-c1ccc(-c2ccc3cc4c(cc3c2)C2(c3ccccc3-c3ccccc32)c2cc3ccccc3cc2-4)cc1. The van der Waals surface area contributed by atoms with E-state index in [0.717, 1.165) is 35.4 Å². The fraction of sp³-hybridized carbons (Fsp3) is 0.0816. The first-order valence-electron chi connectivity index (χ1n) is 18.1. The van der Waals surface area contributed by atoms with Crippen LogP contribution in [0.15, 0.2) is 164 Å². The molecule has 0 fully saturated rings. The van der Waals surface area contributed by atoms with Crippen LogP contribution in [0.25, 0.3) is 71.6 Å². The molecule has 9 aromatic rings. The maximum atomic E-state index is 4.97. The third-order valence-corrected chi connectivity index (χ3v) is 11.5. The Morgan fingerprint density at radius 3 is 1.75 bits per heavy atom. The lowest BCUT2D eigenvalue weighted by Crippen LogP contribution is -2.25. The van der Waals surface area contributed by atoms with Gasteiger partial charge in [0.05, 0.1) is 16.4 Å². The minimum Gasteiger partial charge on any atom is -0.296 e. The quantitative estimate of drug-likeness (QED) is 0.185. The van der Waals surface area contributed by atoms with Gasteiger partial charge in [0.25, 0.3) is 0 Å². The predicted molar refractivity (Wildman–Crippen MR) is 212 cm³/mol. The van der Waals surface area contributed by atoms with Gasteiger partial charge in [0, 0.05) is 12.1 Å². The summed E-state index contributed by atoms with van der Waals surface area (Å²) in [5.74, 6) is 1.11. The summed E-state index contributed by atoms with van der Waals surface area (Å²) >= 11 is 0. The number of rotatable bonds is 4. The monoisotopic (exact) mass is 650 g/mol. The highest BCUT2D eigenvalue weighted by Crippen LogP contribution is 2.63. The van der Waals surface area contributed by atoms with Gasteiger partial charge in [-0.25, -0.2) is 4.98 Å². The molecule has 0 amide bonds. The zero-order chi connectivity index (χ0) is 33.7. The Morgan fingerprint density at radius 1 is 0.471 bits per heavy atom. The lowest BCUT2D eigenvalue weighted by Gasteiger charge is -2.30. The van der Waals surface area contributed by atoms with Crippen molar-refractivity contribution in [2.45, 2.75) is 25.2 Å². The number of hydrogen-bond donors (Lipinski definition) is 0. The molecule has 2 heteroatoms. The molecule has 8 aromatic carbocycles. The summed E-state index contributed by atoms with van der Waals surface area (Å²) in [4.78, 5) is 4.97. The Bertz CT molecular complexity index is 2830. The molecule has 2 aliphatic rings. The van der Waals surface area contributed by atoms with Crippen molar-refractivity contribution in [3.63, 3.8) is 0 Å². The maximum Gasteiger partial charge on any atom is 0.114 e. The molecule has 0 radical (unpaired) electrons. The molecule has 0 saturated heterocycles. The Hall–Kier alpha value is -6.25. The first-order chi connectivity index (χ1) is 25.2. The molecule has 51 heavy (non-hydrogen) atoms. The zero-order valence-corrected chi connectivity index (χ0v) is 28.4. The average Bonchev–Trinajstić information content (AvgIpc) is 3.79. The van der Waals surface area contributed by atoms with Gasteiger partial charge in [0.2, 0.25) is 0 Å². The molecule has 240 valence electrons. The van der Waals surface area contributed by atoms with E-state index in [2.05, 4.69) is 175 Å². The summed E-state index contributed by atoms with van der Waals surface area (Å²) in [6.07, 6.45) is 2.00. The van der Waals surface area contributed by atoms with Crippen LogP contribution >= 0.6 is 0 Å². The molecule has 1 heterocycles.